The fraction of sp³-hybridized carbons (Fsp3) is 0.296. The van der Waals surface area contributed by atoms with Gasteiger partial charge in [-0.3, -0.25) is 0 Å². The number of rotatable bonds is 3. The highest BCUT2D eigenvalue weighted by molar-refractivity contribution is 6.01. The van der Waals surface area contributed by atoms with Crippen molar-refractivity contribution in [3.8, 4) is 11.5 Å². The van der Waals surface area contributed by atoms with Crippen molar-refractivity contribution in [2.45, 2.75) is 44.9 Å². The molecule has 0 spiro atoms. The van der Waals surface area contributed by atoms with Crippen molar-refractivity contribution in [2.75, 3.05) is 7.11 Å². The predicted octanol–water partition coefficient (Wildman–Crippen LogP) is 6.24. The zero-order chi connectivity index (χ0) is 21.6. The van der Waals surface area contributed by atoms with Crippen LogP contribution in [0.25, 0.3) is 0 Å². The predicted molar refractivity (Wildman–Crippen MR) is 124 cm³/mol. The number of nitrogens with zero attached hydrogens (tertiary/aromatic N) is 2. The molecule has 2 heterocycles. The van der Waals surface area contributed by atoms with Gasteiger partial charge in [-0.05, 0) is 34.7 Å². The zero-order valence-electron chi connectivity index (χ0n) is 18.5. The maximum absolute atomic E-state index is 6.50. The van der Waals surface area contributed by atoms with Gasteiger partial charge in [-0.2, -0.15) is 5.10 Å². The Bertz CT molecular complexity index is 1110. The van der Waals surface area contributed by atoms with E-state index in [4.69, 9.17) is 14.6 Å². The Labute approximate surface area is 184 Å². The minimum atomic E-state index is -0.263. The molecule has 2 aliphatic rings. The molecule has 0 aromatic heterocycles. The second kappa shape index (κ2) is 7.45. The van der Waals surface area contributed by atoms with Crippen molar-refractivity contribution >= 4 is 5.71 Å². The van der Waals surface area contributed by atoms with Gasteiger partial charge in [0.1, 0.15) is 11.5 Å². The Morgan fingerprint density at radius 2 is 1.71 bits per heavy atom. The largest absolute Gasteiger partial charge is 0.497 e. The van der Waals surface area contributed by atoms with Crippen LogP contribution in [0.3, 0.4) is 0 Å². The van der Waals surface area contributed by atoms with E-state index in [2.05, 4.69) is 80.4 Å². The van der Waals surface area contributed by atoms with Gasteiger partial charge in [0.15, 0.2) is 0 Å². The molecule has 0 N–H and O–H groups in total. The Morgan fingerprint density at radius 3 is 2.39 bits per heavy atom. The van der Waals surface area contributed by atoms with Crippen LogP contribution in [0, 0.1) is 0 Å². The third kappa shape index (κ3) is 3.56. The van der Waals surface area contributed by atoms with Crippen molar-refractivity contribution in [1.29, 1.82) is 0 Å². The summed E-state index contributed by atoms with van der Waals surface area (Å²) < 4.78 is 12.0. The molecule has 0 unspecified atom stereocenters. The highest BCUT2D eigenvalue weighted by Gasteiger charge is 2.41. The number of hydrazone groups is 1. The fourth-order valence-electron chi connectivity index (χ4n) is 4.37. The lowest BCUT2D eigenvalue weighted by Gasteiger charge is -2.38. The van der Waals surface area contributed by atoms with Crippen molar-refractivity contribution < 1.29 is 9.47 Å². The Morgan fingerprint density at radius 1 is 0.968 bits per heavy atom. The molecule has 3 aromatic carbocycles. The molecule has 0 bridgehead atoms. The number of hydrogen-bond acceptors (Lipinski definition) is 4. The van der Waals surface area contributed by atoms with Crippen LogP contribution >= 0.6 is 0 Å². The van der Waals surface area contributed by atoms with Crippen LogP contribution in [0.2, 0.25) is 0 Å². The summed E-state index contributed by atoms with van der Waals surface area (Å²) in [6.07, 6.45) is 0.575. The molecule has 0 aliphatic carbocycles. The van der Waals surface area contributed by atoms with E-state index in [0.29, 0.717) is 0 Å². The zero-order valence-corrected chi connectivity index (χ0v) is 18.5. The standard InChI is InChI=1S/C27H28N2O2/c1-27(2,3)20-12-10-19(11-13-20)26-29-24(17-23(28-29)18-8-6-5-7-9-18)22-16-21(30-4)14-15-25(22)31-26/h5-16,24,26H,17H2,1-4H3/t24-,26-/m0/s1. The lowest BCUT2D eigenvalue weighted by molar-refractivity contribution is -0.0191. The number of hydrogen-bond donors (Lipinski definition) is 0. The topological polar surface area (TPSA) is 34.1 Å². The maximum Gasteiger partial charge on any atom is 0.213 e. The summed E-state index contributed by atoms with van der Waals surface area (Å²) in [5, 5.41) is 7.17. The van der Waals surface area contributed by atoms with Gasteiger partial charge in [-0.1, -0.05) is 75.4 Å². The number of ether oxygens (including phenoxy) is 2. The SMILES string of the molecule is COc1ccc2c(c1)[C@@H]1CC(c3ccccc3)=NN1[C@H](c1ccc(C(C)(C)C)cc1)O2. The number of benzene rings is 3. The Kier molecular flexibility index (Phi) is 4.73. The van der Waals surface area contributed by atoms with Gasteiger partial charge in [0.2, 0.25) is 6.23 Å². The van der Waals surface area contributed by atoms with Gasteiger partial charge in [-0.15, -0.1) is 0 Å². The summed E-state index contributed by atoms with van der Waals surface area (Å²) in [5.41, 5.74) is 5.89. The van der Waals surface area contributed by atoms with E-state index in [1.165, 1.54) is 5.56 Å². The summed E-state index contributed by atoms with van der Waals surface area (Å²) in [4.78, 5) is 0. The van der Waals surface area contributed by atoms with E-state index in [-0.39, 0.29) is 17.7 Å². The van der Waals surface area contributed by atoms with Crippen LogP contribution in [0.15, 0.2) is 77.9 Å². The summed E-state index contributed by atoms with van der Waals surface area (Å²) in [6.45, 7) is 6.70. The molecule has 0 amide bonds. The van der Waals surface area contributed by atoms with Gasteiger partial charge < -0.3 is 9.47 Å². The highest BCUT2D eigenvalue weighted by atomic mass is 16.5. The molecule has 2 atom stereocenters. The van der Waals surface area contributed by atoms with Crippen LogP contribution in [0.4, 0.5) is 0 Å². The molecule has 3 aromatic rings. The summed E-state index contributed by atoms with van der Waals surface area (Å²) in [6, 6.07) is 25.3. The average Bonchev–Trinajstić information content (AvgIpc) is 3.24. The molecule has 0 fully saturated rings. The van der Waals surface area contributed by atoms with E-state index >= 15 is 0 Å². The van der Waals surface area contributed by atoms with Crippen molar-refractivity contribution in [2.24, 2.45) is 5.10 Å². The van der Waals surface area contributed by atoms with Gasteiger partial charge in [0.25, 0.3) is 0 Å². The smallest absolute Gasteiger partial charge is 0.213 e. The number of fused-ring (bicyclic) bond motifs is 3. The van der Waals surface area contributed by atoms with Gasteiger partial charge >= 0.3 is 0 Å². The molecule has 0 saturated heterocycles. The van der Waals surface area contributed by atoms with Crippen LogP contribution in [0.1, 0.15) is 61.7 Å². The molecular formula is C27H28N2O2. The first-order valence-electron chi connectivity index (χ1n) is 10.8. The highest BCUT2D eigenvalue weighted by Crippen LogP contribution is 2.48. The fourth-order valence-corrected chi connectivity index (χ4v) is 4.37. The van der Waals surface area contributed by atoms with E-state index in [0.717, 1.165) is 40.3 Å². The lowest BCUT2D eigenvalue weighted by Crippen LogP contribution is -2.33. The molecule has 158 valence electrons. The maximum atomic E-state index is 6.50. The molecule has 2 aliphatic heterocycles. The van der Waals surface area contributed by atoms with E-state index < -0.39 is 0 Å². The van der Waals surface area contributed by atoms with Crippen LogP contribution in [0.5, 0.6) is 11.5 Å². The average molecular weight is 413 g/mol. The third-order valence-electron chi connectivity index (χ3n) is 6.17. The molecule has 4 nitrogen and oxygen atoms in total. The van der Waals surface area contributed by atoms with Gasteiger partial charge in [-0.25, -0.2) is 5.01 Å². The van der Waals surface area contributed by atoms with E-state index in [1.807, 2.05) is 18.2 Å². The second-order valence-corrected chi connectivity index (χ2v) is 9.26. The Hall–Kier alpha value is -3.27. The summed E-state index contributed by atoms with van der Waals surface area (Å²) in [7, 11) is 1.70. The lowest BCUT2D eigenvalue weighted by atomic mass is 9.86. The van der Waals surface area contributed by atoms with Crippen LogP contribution in [-0.2, 0) is 5.41 Å². The molecule has 31 heavy (non-hydrogen) atoms. The minimum absolute atomic E-state index is 0.112. The van der Waals surface area contributed by atoms with Gasteiger partial charge in [0, 0.05) is 17.5 Å². The van der Waals surface area contributed by atoms with Crippen molar-refractivity contribution in [3.63, 3.8) is 0 Å². The second-order valence-electron chi connectivity index (χ2n) is 9.26. The molecule has 0 saturated carbocycles. The summed E-state index contributed by atoms with van der Waals surface area (Å²) >= 11 is 0. The molecule has 5 rings (SSSR count). The number of methoxy groups -OCH3 is 1. The monoisotopic (exact) mass is 412 g/mol. The van der Waals surface area contributed by atoms with Crippen molar-refractivity contribution in [3.05, 3.63) is 95.1 Å². The van der Waals surface area contributed by atoms with Crippen LogP contribution in [-0.4, -0.2) is 17.8 Å². The first-order valence-corrected chi connectivity index (χ1v) is 10.8. The Balaban J connectivity index is 1.57. The van der Waals surface area contributed by atoms with Crippen molar-refractivity contribution in [1.82, 2.24) is 5.01 Å². The molecule has 4 heteroatoms. The quantitative estimate of drug-likeness (QED) is 0.511. The first-order chi connectivity index (χ1) is 14.9. The van der Waals surface area contributed by atoms with E-state index in [1.54, 1.807) is 7.11 Å². The molecular weight excluding hydrogens is 384 g/mol. The van der Waals surface area contributed by atoms with E-state index in [9.17, 15) is 0 Å². The normalized spacial score (nSPS) is 19.9. The summed E-state index contributed by atoms with van der Waals surface area (Å²) in [5.74, 6) is 1.74. The molecule has 0 radical (unpaired) electrons. The minimum Gasteiger partial charge on any atom is -0.497 e. The van der Waals surface area contributed by atoms with Gasteiger partial charge in [0.05, 0.1) is 18.9 Å². The first kappa shape index (κ1) is 19.7. The third-order valence-corrected chi connectivity index (χ3v) is 6.17. The van der Waals surface area contributed by atoms with Crippen LogP contribution < -0.4 is 9.47 Å².